The number of carbonyl (C=O) groups excluding carboxylic acids is 2. The van der Waals surface area contributed by atoms with E-state index < -0.39 is 5.97 Å². The van der Waals surface area contributed by atoms with Crippen LogP contribution in [0.3, 0.4) is 0 Å². The van der Waals surface area contributed by atoms with E-state index in [-0.39, 0.29) is 17.8 Å². The molecule has 0 unspecified atom stereocenters. The van der Waals surface area contributed by atoms with Gasteiger partial charge in [0.05, 0.1) is 23.7 Å². The molecule has 0 radical (unpaired) electrons. The molecule has 4 rings (SSSR count). The van der Waals surface area contributed by atoms with Gasteiger partial charge in [0.1, 0.15) is 0 Å². The number of anilines is 1. The topological polar surface area (TPSA) is 96.4 Å². The molecule has 2 amide bonds. The van der Waals surface area contributed by atoms with Crippen LogP contribution in [0.2, 0.25) is 0 Å². The number of amides is 2. The summed E-state index contributed by atoms with van der Waals surface area (Å²) >= 11 is 0. The van der Waals surface area contributed by atoms with E-state index in [1.165, 1.54) is 7.11 Å². The van der Waals surface area contributed by atoms with Crippen molar-refractivity contribution < 1.29 is 14.3 Å². The zero-order valence-corrected chi connectivity index (χ0v) is 16.1. The minimum Gasteiger partial charge on any atom is -0.465 e. The van der Waals surface area contributed by atoms with Gasteiger partial charge < -0.3 is 19.9 Å². The molecular weight excluding hydrogens is 372 g/mol. The number of para-hydroxylation sites is 2. The number of likely N-dealkylation sites (tertiary alicyclic amines) is 1. The minimum atomic E-state index is -0.453. The number of hydrogen-bond donors (Lipinski definition) is 2. The number of imidazole rings is 1. The predicted molar refractivity (Wildman–Crippen MR) is 109 cm³/mol. The zero-order chi connectivity index (χ0) is 20.4. The number of aromatic amines is 1. The number of nitrogens with zero attached hydrogens (tertiary/aromatic N) is 2. The number of benzene rings is 2. The molecule has 1 aliphatic rings. The van der Waals surface area contributed by atoms with Crippen molar-refractivity contribution in [3.05, 3.63) is 64.6 Å². The Kier molecular flexibility index (Phi) is 5.07. The van der Waals surface area contributed by atoms with Gasteiger partial charge >= 0.3 is 17.7 Å². The van der Waals surface area contributed by atoms with E-state index in [9.17, 15) is 14.4 Å². The molecule has 1 aromatic heterocycles. The van der Waals surface area contributed by atoms with Gasteiger partial charge in [0.25, 0.3) is 0 Å². The molecule has 150 valence electrons. The molecule has 0 aliphatic carbocycles. The number of nitrogens with one attached hydrogen (secondary N) is 2. The Morgan fingerprint density at radius 1 is 1.10 bits per heavy atom. The number of rotatable bonds is 3. The van der Waals surface area contributed by atoms with Crippen LogP contribution in [0.1, 0.15) is 29.2 Å². The van der Waals surface area contributed by atoms with Crippen molar-refractivity contribution >= 4 is 28.7 Å². The number of hydrogen-bond acceptors (Lipinski definition) is 4. The summed E-state index contributed by atoms with van der Waals surface area (Å²) in [5.41, 5.74) is 2.51. The summed E-state index contributed by atoms with van der Waals surface area (Å²) in [5, 5.41) is 2.83. The Morgan fingerprint density at radius 3 is 2.62 bits per heavy atom. The number of ether oxygens (including phenoxy) is 1. The molecular formula is C21H22N4O4. The maximum Gasteiger partial charge on any atom is 0.337 e. The smallest absolute Gasteiger partial charge is 0.337 e. The molecule has 1 saturated heterocycles. The Bertz CT molecular complexity index is 1110. The molecule has 8 nitrogen and oxygen atoms in total. The lowest BCUT2D eigenvalue weighted by molar-refractivity contribution is 0.0600. The van der Waals surface area contributed by atoms with Gasteiger partial charge in [-0.1, -0.05) is 18.2 Å². The first-order chi connectivity index (χ1) is 14.1. The highest BCUT2D eigenvalue weighted by atomic mass is 16.5. The van der Waals surface area contributed by atoms with Gasteiger partial charge in [-0.3, -0.25) is 4.57 Å². The second-order valence-electron chi connectivity index (χ2n) is 7.04. The lowest BCUT2D eigenvalue weighted by Gasteiger charge is -2.32. The SMILES string of the molecule is COC(=O)c1cccc(NC(=O)N2CCC(n3c(=O)[nH]c4ccccc43)CC2)c1. The van der Waals surface area contributed by atoms with Crippen LogP contribution in [0, 0.1) is 0 Å². The van der Waals surface area contributed by atoms with Crippen LogP contribution < -0.4 is 11.0 Å². The van der Waals surface area contributed by atoms with Gasteiger partial charge in [-0.05, 0) is 43.2 Å². The van der Waals surface area contributed by atoms with Crippen molar-refractivity contribution in [3.63, 3.8) is 0 Å². The van der Waals surface area contributed by atoms with E-state index in [4.69, 9.17) is 4.74 Å². The molecule has 0 spiro atoms. The third kappa shape index (κ3) is 3.73. The van der Waals surface area contributed by atoms with Crippen LogP contribution >= 0.6 is 0 Å². The van der Waals surface area contributed by atoms with Crippen LogP contribution in [0.25, 0.3) is 11.0 Å². The highest BCUT2D eigenvalue weighted by Gasteiger charge is 2.26. The summed E-state index contributed by atoms with van der Waals surface area (Å²) < 4.78 is 6.50. The lowest BCUT2D eigenvalue weighted by Crippen LogP contribution is -2.42. The summed E-state index contributed by atoms with van der Waals surface area (Å²) in [6.07, 6.45) is 1.38. The summed E-state index contributed by atoms with van der Waals surface area (Å²) in [5.74, 6) is -0.453. The van der Waals surface area contributed by atoms with E-state index in [0.29, 0.717) is 37.2 Å². The minimum absolute atomic E-state index is 0.0466. The van der Waals surface area contributed by atoms with Crippen LogP contribution in [-0.4, -0.2) is 46.7 Å². The van der Waals surface area contributed by atoms with E-state index >= 15 is 0 Å². The second kappa shape index (κ2) is 7.83. The van der Waals surface area contributed by atoms with Gasteiger partial charge in [0, 0.05) is 24.8 Å². The van der Waals surface area contributed by atoms with Gasteiger partial charge in [-0.2, -0.15) is 0 Å². The van der Waals surface area contributed by atoms with E-state index in [1.54, 1.807) is 33.7 Å². The van der Waals surface area contributed by atoms with Gasteiger partial charge in [0.15, 0.2) is 0 Å². The van der Waals surface area contributed by atoms with Crippen LogP contribution in [0.5, 0.6) is 0 Å². The van der Waals surface area contributed by atoms with Crippen molar-refractivity contribution in [2.75, 3.05) is 25.5 Å². The highest BCUT2D eigenvalue weighted by Crippen LogP contribution is 2.25. The van der Waals surface area contributed by atoms with Crippen molar-refractivity contribution in [1.82, 2.24) is 14.5 Å². The zero-order valence-electron chi connectivity index (χ0n) is 16.1. The fraction of sp³-hybridized carbons (Fsp3) is 0.286. The molecule has 2 heterocycles. The molecule has 0 atom stereocenters. The Hall–Kier alpha value is -3.55. The average Bonchev–Trinajstić information content (AvgIpc) is 3.09. The fourth-order valence-corrected chi connectivity index (χ4v) is 3.81. The maximum atomic E-state index is 12.6. The molecule has 1 fully saturated rings. The number of fused-ring (bicyclic) bond motifs is 1. The molecule has 8 heteroatoms. The van der Waals surface area contributed by atoms with Crippen LogP contribution in [-0.2, 0) is 4.74 Å². The summed E-state index contributed by atoms with van der Waals surface area (Å²) in [6.45, 7) is 1.08. The van der Waals surface area contributed by atoms with Crippen molar-refractivity contribution in [2.24, 2.45) is 0 Å². The summed E-state index contributed by atoms with van der Waals surface area (Å²) in [6, 6.07) is 14.1. The number of H-pyrrole nitrogens is 1. The summed E-state index contributed by atoms with van der Waals surface area (Å²) in [4.78, 5) is 41.3. The van der Waals surface area contributed by atoms with Gasteiger partial charge in [-0.25, -0.2) is 14.4 Å². The van der Waals surface area contributed by atoms with Gasteiger partial charge in [-0.15, -0.1) is 0 Å². The first kappa shape index (κ1) is 18.8. The molecule has 2 N–H and O–H groups in total. The normalized spacial score (nSPS) is 14.7. The number of carbonyl (C=O) groups is 2. The van der Waals surface area contributed by atoms with E-state index in [2.05, 4.69) is 10.3 Å². The van der Waals surface area contributed by atoms with Crippen molar-refractivity contribution in [2.45, 2.75) is 18.9 Å². The van der Waals surface area contributed by atoms with Crippen molar-refractivity contribution in [1.29, 1.82) is 0 Å². The number of methoxy groups -OCH3 is 1. The van der Waals surface area contributed by atoms with Crippen molar-refractivity contribution in [3.8, 4) is 0 Å². The average molecular weight is 394 g/mol. The largest absolute Gasteiger partial charge is 0.465 e. The Labute approximate surface area is 167 Å². The molecule has 2 aromatic carbocycles. The standard InChI is InChI=1S/C21H22N4O4/c1-29-19(26)14-5-4-6-15(13-14)22-20(27)24-11-9-16(10-12-24)25-18-8-3-2-7-17(18)23-21(25)28/h2-8,13,16H,9-12H2,1H3,(H,22,27)(H,23,28). The number of aromatic nitrogens is 2. The molecule has 0 bridgehead atoms. The highest BCUT2D eigenvalue weighted by molar-refractivity contribution is 5.94. The first-order valence-electron chi connectivity index (χ1n) is 9.50. The predicted octanol–water partition coefficient (Wildman–Crippen LogP) is 2.99. The van der Waals surface area contributed by atoms with Crippen LogP contribution in [0.4, 0.5) is 10.5 Å². The monoisotopic (exact) mass is 394 g/mol. The Balaban J connectivity index is 1.42. The molecule has 0 saturated carbocycles. The van der Waals surface area contributed by atoms with E-state index in [0.717, 1.165) is 11.0 Å². The maximum absolute atomic E-state index is 12.6. The molecule has 1 aliphatic heterocycles. The van der Waals surface area contributed by atoms with Gasteiger partial charge in [0.2, 0.25) is 0 Å². The third-order valence-electron chi connectivity index (χ3n) is 5.28. The molecule has 29 heavy (non-hydrogen) atoms. The second-order valence-corrected chi connectivity index (χ2v) is 7.04. The summed E-state index contributed by atoms with van der Waals surface area (Å²) in [7, 11) is 1.32. The molecule has 3 aromatic rings. The Morgan fingerprint density at radius 2 is 1.86 bits per heavy atom. The van der Waals surface area contributed by atoms with Crippen LogP contribution in [0.15, 0.2) is 53.3 Å². The first-order valence-corrected chi connectivity index (χ1v) is 9.50. The van der Waals surface area contributed by atoms with E-state index in [1.807, 2.05) is 24.3 Å². The fourth-order valence-electron chi connectivity index (χ4n) is 3.81. The number of urea groups is 1. The third-order valence-corrected chi connectivity index (χ3v) is 5.28. The quantitative estimate of drug-likeness (QED) is 0.668. The number of esters is 1. The lowest BCUT2D eigenvalue weighted by atomic mass is 10.0. The number of piperidine rings is 1.